The summed E-state index contributed by atoms with van der Waals surface area (Å²) >= 11 is 0. The molecule has 1 amide bonds. The summed E-state index contributed by atoms with van der Waals surface area (Å²) in [5.74, 6) is 0.743. The molecule has 0 bridgehead atoms. The number of nitrogens with two attached hydrogens (primary N) is 1. The van der Waals surface area contributed by atoms with Gasteiger partial charge >= 0.3 is 6.09 Å². The molecule has 0 aliphatic heterocycles. The van der Waals surface area contributed by atoms with Crippen LogP contribution >= 0.6 is 0 Å². The van der Waals surface area contributed by atoms with Gasteiger partial charge in [-0.3, -0.25) is 4.98 Å². The lowest BCUT2D eigenvalue weighted by atomic mass is 10.0. The van der Waals surface area contributed by atoms with E-state index < -0.39 is 11.7 Å². The van der Waals surface area contributed by atoms with Crippen molar-refractivity contribution in [3.8, 4) is 17.1 Å². The Morgan fingerprint density at radius 3 is 2.62 bits per heavy atom. The summed E-state index contributed by atoms with van der Waals surface area (Å²) in [7, 11) is 0. The molecule has 3 aromatic heterocycles. The van der Waals surface area contributed by atoms with E-state index in [1.807, 2.05) is 94.0 Å². The second kappa shape index (κ2) is 9.23. The van der Waals surface area contributed by atoms with Crippen LogP contribution in [0.1, 0.15) is 50.7 Å². The number of benzene rings is 1. The summed E-state index contributed by atoms with van der Waals surface area (Å²) in [6.45, 7) is 9.69. The topological polar surface area (TPSA) is 108 Å². The predicted molar refractivity (Wildman–Crippen MR) is 133 cm³/mol. The fraction of sp³-hybridized carbons (Fsp3) is 0.308. The number of rotatable bonds is 5. The van der Waals surface area contributed by atoms with E-state index in [0.717, 1.165) is 44.9 Å². The van der Waals surface area contributed by atoms with Crippen molar-refractivity contribution in [3.63, 3.8) is 0 Å². The maximum absolute atomic E-state index is 12.2. The van der Waals surface area contributed by atoms with E-state index in [-0.39, 0.29) is 6.04 Å². The molecule has 1 unspecified atom stereocenters. The van der Waals surface area contributed by atoms with Crippen LogP contribution in [0.4, 0.5) is 4.79 Å². The van der Waals surface area contributed by atoms with E-state index in [9.17, 15) is 4.79 Å². The largest absolute Gasteiger partial charge is 0.444 e. The highest BCUT2D eigenvalue weighted by Gasteiger charge is 2.19. The number of pyridine rings is 2. The maximum atomic E-state index is 12.2. The molecule has 0 saturated heterocycles. The standard InChI is InChI=1S/C26H30N6O2/c1-16-8-6-11-24(29-16)32-23-13-18(12-19(14-27)20(23)15-28-32)22-10-7-9-21(31-22)17(2)30-25(33)34-26(3,4)5/h6-13,15,17H,14,27H2,1-5H3,(H,30,33). The number of carbonyl (C=O) groups excluding carboxylic acids is 1. The Kier molecular flexibility index (Phi) is 6.34. The van der Waals surface area contributed by atoms with Crippen LogP contribution < -0.4 is 11.1 Å². The summed E-state index contributed by atoms with van der Waals surface area (Å²) in [5, 5.41) is 8.40. The Morgan fingerprint density at radius 2 is 1.91 bits per heavy atom. The van der Waals surface area contributed by atoms with Gasteiger partial charge in [-0.15, -0.1) is 0 Å². The molecular formula is C26H30N6O2. The van der Waals surface area contributed by atoms with Crippen molar-refractivity contribution >= 4 is 17.0 Å². The third-order valence-corrected chi connectivity index (χ3v) is 5.33. The van der Waals surface area contributed by atoms with Crippen molar-refractivity contribution in [2.75, 3.05) is 0 Å². The van der Waals surface area contributed by atoms with Crippen LogP contribution in [0.25, 0.3) is 28.0 Å². The predicted octanol–water partition coefficient (Wildman–Crippen LogP) is 4.84. The first-order valence-corrected chi connectivity index (χ1v) is 11.3. The highest BCUT2D eigenvalue weighted by atomic mass is 16.6. The lowest BCUT2D eigenvalue weighted by Crippen LogP contribution is -2.34. The van der Waals surface area contributed by atoms with Crippen LogP contribution in [0.3, 0.4) is 0 Å². The van der Waals surface area contributed by atoms with Crippen molar-refractivity contribution in [3.05, 3.63) is 71.7 Å². The van der Waals surface area contributed by atoms with Crippen LogP contribution in [-0.2, 0) is 11.3 Å². The van der Waals surface area contributed by atoms with Gasteiger partial charge in [-0.25, -0.2) is 14.5 Å². The molecule has 3 N–H and O–H groups in total. The van der Waals surface area contributed by atoms with Crippen molar-refractivity contribution in [1.29, 1.82) is 0 Å². The molecule has 34 heavy (non-hydrogen) atoms. The van der Waals surface area contributed by atoms with Crippen LogP contribution in [0, 0.1) is 6.92 Å². The van der Waals surface area contributed by atoms with Gasteiger partial charge in [-0.1, -0.05) is 12.1 Å². The number of ether oxygens (including phenoxy) is 1. The molecule has 1 aromatic carbocycles. The van der Waals surface area contributed by atoms with E-state index in [2.05, 4.69) is 15.4 Å². The number of amides is 1. The van der Waals surface area contributed by atoms with Gasteiger partial charge in [0.1, 0.15) is 5.60 Å². The molecule has 8 nitrogen and oxygen atoms in total. The summed E-state index contributed by atoms with van der Waals surface area (Å²) in [6, 6.07) is 15.4. The molecule has 0 radical (unpaired) electrons. The minimum absolute atomic E-state index is 0.325. The first-order valence-electron chi connectivity index (χ1n) is 11.3. The Hall–Kier alpha value is -3.78. The number of alkyl carbamates (subject to hydrolysis) is 1. The monoisotopic (exact) mass is 458 g/mol. The van der Waals surface area contributed by atoms with Gasteiger partial charge in [0, 0.05) is 23.2 Å². The van der Waals surface area contributed by atoms with Crippen molar-refractivity contribution in [2.24, 2.45) is 5.73 Å². The average molecular weight is 459 g/mol. The lowest BCUT2D eigenvalue weighted by Gasteiger charge is -2.22. The molecule has 0 spiro atoms. The number of nitrogens with zero attached hydrogens (tertiary/aromatic N) is 4. The third-order valence-electron chi connectivity index (χ3n) is 5.33. The average Bonchev–Trinajstić information content (AvgIpc) is 3.21. The number of aromatic nitrogens is 4. The van der Waals surface area contributed by atoms with Gasteiger partial charge in [-0.2, -0.15) is 5.10 Å². The summed E-state index contributed by atoms with van der Waals surface area (Å²) < 4.78 is 7.19. The van der Waals surface area contributed by atoms with E-state index >= 15 is 0 Å². The minimum atomic E-state index is -0.567. The Balaban J connectivity index is 1.71. The zero-order chi connectivity index (χ0) is 24.5. The quantitative estimate of drug-likeness (QED) is 0.443. The van der Waals surface area contributed by atoms with Gasteiger partial charge in [0.05, 0.1) is 29.1 Å². The number of hydrogen-bond acceptors (Lipinski definition) is 6. The molecule has 0 aliphatic carbocycles. The van der Waals surface area contributed by atoms with Crippen LogP contribution in [0.5, 0.6) is 0 Å². The zero-order valence-electron chi connectivity index (χ0n) is 20.2. The molecule has 176 valence electrons. The molecule has 0 saturated carbocycles. The molecule has 4 aromatic rings. The number of aryl methyl sites for hydroxylation is 1. The smallest absolute Gasteiger partial charge is 0.408 e. The lowest BCUT2D eigenvalue weighted by molar-refractivity contribution is 0.0507. The number of carbonyl (C=O) groups is 1. The Morgan fingerprint density at radius 1 is 1.15 bits per heavy atom. The summed E-state index contributed by atoms with van der Waals surface area (Å²) in [4.78, 5) is 21.6. The second-order valence-corrected chi connectivity index (χ2v) is 9.28. The van der Waals surface area contributed by atoms with E-state index in [1.165, 1.54) is 0 Å². The van der Waals surface area contributed by atoms with E-state index in [0.29, 0.717) is 6.54 Å². The molecule has 0 fully saturated rings. The molecular weight excluding hydrogens is 428 g/mol. The number of fused-ring (bicyclic) bond motifs is 1. The van der Waals surface area contributed by atoms with E-state index in [1.54, 1.807) is 0 Å². The minimum Gasteiger partial charge on any atom is -0.444 e. The SMILES string of the molecule is Cc1cccc(-n2ncc3c(CN)cc(-c4cccc(C(C)NC(=O)OC(C)(C)C)n4)cc32)n1. The second-order valence-electron chi connectivity index (χ2n) is 9.28. The van der Waals surface area contributed by atoms with E-state index in [4.69, 9.17) is 15.5 Å². The Labute approximate surface area is 199 Å². The molecule has 0 aliphatic rings. The number of nitrogens with one attached hydrogen (secondary N) is 1. The van der Waals surface area contributed by atoms with Crippen molar-refractivity contribution < 1.29 is 9.53 Å². The molecule has 3 heterocycles. The zero-order valence-corrected chi connectivity index (χ0v) is 20.2. The fourth-order valence-corrected chi connectivity index (χ4v) is 3.76. The third kappa shape index (κ3) is 5.07. The Bertz CT molecular complexity index is 1340. The van der Waals surface area contributed by atoms with Crippen LogP contribution in [0.2, 0.25) is 0 Å². The van der Waals surface area contributed by atoms with Gasteiger partial charge in [0.25, 0.3) is 0 Å². The van der Waals surface area contributed by atoms with Crippen molar-refractivity contribution in [2.45, 2.75) is 52.8 Å². The first-order chi connectivity index (χ1) is 16.1. The molecule has 1 atom stereocenters. The first kappa shape index (κ1) is 23.4. The van der Waals surface area contributed by atoms with Gasteiger partial charge in [0.15, 0.2) is 5.82 Å². The van der Waals surface area contributed by atoms with Gasteiger partial charge < -0.3 is 15.8 Å². The maximum Gasteiger partial charge on any atom is 0.408 e. The highest BCUT2D eigenvalue weighted by molar-refractivity contribution is 5.88. The van der Waals surface area contributed by atoms with Crippen molar-refractivity contribution in [1.82, 2.24) is 25.1 Å². The summed E-state index contributed by atoms with van der Waals surface area (Å²) in [5.41, 5.74) is 10.7. The normalized spacial score (nSPS) is 12.5. The van der Waals surface area contributed by atoms with Gasteiger partial charge in [-0.05, 0) is 76.6 Å². The molecule has 4 rings (SSSR count). The summed E-state index contributed by atoms with van der Waals surface area (Å²) in [6.07, 6.45) is 1.34. The van der Waals surface area contributed by atoms with Crippen LogP contribution in [-0.4, -0.2) is 31.4 Å². The van der Waals surface area contributed by atoms with Crippen LogP contribution in [0.15, 0.2) is 54.7 Å². The number of hydrogen-bond donors (Lipinski definition) is 2. The fourth-order valence-electron chi connectivity index (χ4n) is 3.76. The highest BCUT2D eigenvalue weighted by Crippen LogP contribution is 2.29. The molecule has 8 heteroatoms. The van der Waals surface area contributed by atoms with Gasteiger partial charge in [0.2, 0.25) is 0 Å².